The van der Waals surface area contributed by atoms with Crippen LogP contribution in [0.15, 0.2) is 30.6 Å². The van der Waals surface area contributed by atoms with Crippen molar-refractivity contribution >= 4 is 28.4 Å². The highest BCUT2D eigenvalue weighted by molar-refractivity contribution is 5.96. The predicted octanol–water partition coefficient (Wildman–Crippen LogP) is 2.64. The van der Waals surface area contributed by atoms with Gasteiger partial charge >= 0.3 is 0 Å². The van der Waals surface area contributed by atoms with E-state index in [-0.39, 0.29) is 11.9 Å². The van der Waals surface area contributed by atoms with Gasteiger partial charge in [0.05, 0.1) is 17.3 Å². The second-order valence-corrected chi connectivity index (χ2v) is 8.51. The lowest BCUT2D eigenvalue weighted by molar-refractivity contribution is -0.121. The van der Waals surface area contributed by atoms with E-state index in [4.69, 9.17) is 15.1 Å². The van der Waals surface area contributed by atoms with Crippen molar-refractivity contribution in [2.24, 2.45) is 7.05 Å². The average Bonchev–Trinajstić information content (AvgIpc) is 3.42. The molecule has 6 rings (SSSR count). The Balaban J connectivity index is 1.55. The van der Waals surface area contributed by atoms with Crippen molar-refractivity contribution < 1.29 is 4.79 Å². The van der Waals surface area contributed by atoms with Gasteiger partial charge in [0.15, 0.2) is 11.5 Å². The molecule has 1 aromatic carbocycles. The quantitative estimate of drug-likeness (QED) is 0.530. The van der Waals surface area contributed by atoms with Crippen molar-refractivity contribution in [2.45, 2.75) is 44.1 Å². The SMILES string of the molecule is Cn1cc(-c2nc3c4c(C5CC5)cccc4nc(N[C@@H]4CCCCNC4=O)n3n2)cn1. The standard InChI is InChI=1S/C22H24N8O/c1-29-12-14(11-24-29)19-27-20-18-15(13-8-9-13)5-4-7-16(18)25-22(30(20)28-19)26-17-6-2-3-10-23-21(17)31/h4-5,7,11-13,17H,2-3,6,8-10H2,1H3,(H,23,31)(H,25,26)/t17-/m1/s1. The molecule has 0 bridgehead atoms. The largest absolute Gasteiger partial charge is 0.354 e. The zero-order chi connectivity index (χ0) is 20.9. The van der Waals surface area contributed by atoms with E-state index >= 15 is 0 Å². The van der Waals surface area contributed by atoms with Crippen molar-refractivity contribution in [3.8, 4) is 11.4 Å². The van der Waals surface area contributed by atoms with Crippen LogP contribution in [0.2, 0.25) is 0 Å². The normalized spacial score (nSPS) is 19.5. The van der Waals surface area contributed by atoms with Crippen LogP contribution in [0, 0.1) is 0 Å². The molecule has 2 fully saturated rings. The number of carbonyl (C=O) groups is 1. The minimum atomic E-state index is -0.340. The number of rotatable bonds is 4. The topological polar surface area (TPSA) is 102 Å². The summed E-state index contributed by atoms with van der Waals surface area (Å²) in [6.07, 6.45) is 8.78. The van der Waals surface area contributed by atoms with Gasteiger partial charge in [-0.25, -0.2) is 9.97 Å². The molecule has 2 N–H and O–H groups in total. The van der Waals surface area contributed by atoms with Gasteiger partial charge in [-0.3, -0.25) is 9.48 Å². The number of aryl methyl sites for hydroxylation is 1. The third kappa shape index (κ3) is 3.20. The van der Waals surface area contributed by atoms with E-state index in [0.717, 1.165) is 47.9 Å². The highest BCUT2D eigenvalue weighted by Crippen LogP contribution is 2.44. The first kappa shape index (κ1) is 18.3. The molecule has 1 saturated heterocycles. The number of anilines is 1. The Kier molecular flexibility index (Phi) is 4.15. The van der Waals surface area contributed by atoms with E-state index in [0.29, 0.717) is 17.7 Å². The number of benzene rings is 1. The molecule has 158 valence electrons. The molecular formula is C22H24N8O. The number of nitrogens with one attached hydrogen (secondary N) is 2. The number of fused-ring (bicyclic) bond motifs is 3. The first-order valence-electron chi connectivity index (χ1n) is 10.9. The van der Waals surface area contributed by atoms with Gasteiger partial charge in [0.25, 0.3) is 0 Å². The van der Waals surface area contributed by atoms with Gasteiger partial charge in [0, 0.05) is 25.2 Å². The molecule has 1 atom stereocenters. The van der Waals surface area contributed by atoms with E-state index in [1.165, 1.54) is 18.4 Å². The fraction of sp³-hybridized carbons (Fsp3) is 0.409. The Hall–Kier alpha value is -3.49. The predicted molar refractivity (Wildman–Crippen MR) is 117 cm³/mol. The molecule has 31 heavy (non-hydrogen) atoms. The van der Waals surface area contributed by atoms with Crippen LogP contribution in [0.3, 0.4) is 0 Å². The van der Waals surface area contributed by atoms with Crippen LogP contribution in [0.5, 0.6) is 0 Å². The number of aromatic nitrogens is 6. The lowest BCUT2D eigenvalue weighted by Gasteiger charge is -2.17. The number of nitrogens with zero attached hydrogens (tertiary/aromatic N) is 6. The van der Waals surface area contributed by atoms with Crippen LogP contribution in [0.4, 0.5) is 5.95 Å². The van der Waals surface area contributed by atoms with E-state index in [2.05, 4.69) is 27.9 Å². The van der Waals surface area contributed by atoms with E-state index in [9.17, 15) is 4.79 Å². The minimum Gasteiger partial charge on any atom is -0.354 e. The van der Waals surface area contributed by atoms with Gasteiger partial charge in [-0.05, 0) is 49.7 Å². The minimum absolute atomic E-state index is 0.00637. The van der Waals surface area contributed by atoms with Crippen LogP contribution < -0.4 is 10.6 Å². The van der Waals surface area contributed by atoms with Gasteiger partial charge in [-0.2, -0.15) is 9.61 Å². The highest BCUT2D eigenvalue weighted by Gasteiger charge is 2.29. The second-order valence-electron chi connectivity index (χ2n) is 8.51. The summed E-state index contributed by atoms with van der Waals surface area (Å²) in [6, 6.07) is 5.90. The van der Waals surface area contributed by atoms with Crippen LogP contribution in [-0.4, -0.2) is 47.9 Å². The molecule has 1 aliphatic heterocycles. The lowest BCUT2D eigenvalue weighted by Crippen LogP contribution is -2.38. The summed E-state index contributed by atoms with van der Waals surface area (Å²) < 4.78 is 3.50. The second kappa shape index (κ2) is 7.04. The third-order valence-corrected chi connectivity index (χ3v) is 6.15. The number of amides is 1. The summed E-state index contributed by atoms with van der Waals surface area (Å²) in [7, 11) is 1.87. The van der Waals surface area contributed by atoms with Gasteiger partial charge in [-0.15, -0.1) is 5.10 Å². The lowest BCUT2D eigenvalue weighted by atomic mass is 10.1. The first-order chi connectivity index (χ1) is 15.2. The zero-order valence-corrected chi connectivity index (χ0v) is 17.4. The zero-order valence-electron chi connectivity index (χ0n) is 17.4. The molecule has 1 amide bonds. The molecule has 2 aliphatic rings. The van der Waals surface area contributed by atoms with Gasteiger partial charge in [0.2, 0.25) is 11.9 Å². The summed E-state index contributed by atoms with van der Waals surface area (Å²) in [5, 5.41) is 16.4. The van der Waals surface area contributed by atoms with Crippen molar-refractivity contribution in [1.29, 1.82) is 0 Å². The Bertz CT molecular complexity index is 1300. The van der Waals surface area contributed by atoms with E-state index in [1.807, 2.05) is 19.3 Å². The molecule has 3 aromatic heterocycles. The van der Waals surface area contributed by atoms with Crippen LogP contribution in [0.25, 0.3) is 27.9 Å². The molecule has 1 aliphatic carbocycles. The van der Waals surface area contributed by atoms with Crippen LogP contribution in [-0.2, 0) is 11.8 Å². The van der Waals surface area contributed by atoms with Crippen LogP contribution >= 0.6 is 0 Å². The maximum Gasteiger partial charge on any atom is 0.242 e. The molecule has 0 spiro atoms. The molecule has 9 nitrogen and oxygen atoms in total. The summed E-state index contributed by atoms with van der Waals surface area (Å²) in [6.45, 7) is 0.719. The average molecular weight is 416 g/mol. The fourth-order valence-electron chi connectivity index (χ4n) is 4.40. The summed E-state index contributed by atoms with van der Waals surface area (Å²) in [5.41, 5.74) is 3.77. The molecular weight excluding hydrogens is 392 g/mol. The van der Waals surface area contributed by atoms with Crippen molar-refractivity contribution in [3.05, 3.63) is 36.2 Å². The fourth-order valence-corrected chi connectivity index (χ4v) is 4.40. The van der Waals surface area contributed by atoms with Gasteiger partial charge in [-0.1, -0.05) is 12.1 Å². The monoisotopic (exact) mass is 416 g/mol. The number of carbonyl (C=O) groups excluding carboxylic acids is 1. The Morgan fingerprint density at radius 2 is 2.06 bits per heavy atom. The van der Waals surface area contributed by atoms with Gasteiger partial charge < -0.3 is 10.6 Å². The van der Waals surface area contributed by atoms with Gasteiger partial charge in [0.1, 0.15) is 6.04 Å². The first-order valence-corrected chi connectivity index (χ1v) is 10.9. The third-order valence-electron chi connectivity index (χ3n) is 6.15. The summed E-state index contributed by atoms with van der Waals surface area (Å²) in [4.78, 5) is 22.3. The molecule has 0 unspecified atom stereocenters. The molecule has 4 heterocycles. The number of hydrogen-bond acceptors (Lipinski definition) is 6. The number of hydrogen-bond donors (Lipinski definition) is 2. The Morgan fingerprint density at radius 1 is 1.16 bits per heavy atom. The Labute approximate surface area is 178 Å². The van der Waals surface area contributed by atoms with Crippen molar-refractivity contribution in [2.75, 3.05) is 11.9 Å². The maximum absolute atomic E-state index is 12.5. The van der Waals surface area contributed by atoms with E-state index < -0.39 is 0 Å². The molecule has 1 saturated carbocycles. The Morgan fingerprint density at radius 3 is 2.87 bits per heavy atom. The molecule has 0 radical (unpaired) electrons. The summed E-state index contributed by atoms with van der Waals surface area (Å²) in [5.74, 6) is 1.70. The smallest absolute Gasteiger partial charge is 0.242 e. The highest BCUT2D eigenvalue weighted by atomic mass is 16.2. The summed E-state index contributed by atoms with van der Waals surface area (Å²) >= 11 is 0. The van der Waals surface area contributed by atoms with Crippen LogP contribution in [0.1, 0.15) is 43.6 Å². The van der Waals surface area contributed by atoms with Crippen molar-refractivity contribution in [3.63, 3.8) is 0 Å². The molecule has 9 heteroatoms. The maximum atomic E-state index is 12.5. The molecule has 4 aromatic rings. The van der Waals surface area contributed by atoms with Crippen molar-refractivity contribution in [1.82, 2.24) is 34.7 Å². The van der Waals surface area contributed by atoms with E-state index in [1.54, 1.807) is 15.4 Å².